The van der Waals surface area contributed by atoms with Crippen LogP contribution in [0, 0.1) is 0 Å². The lowest BCUT2D eigenvalue weighted by Crippen LogP contribution is -2.04. The topological polar surface area (TPSA) is 75.0 Å². The number of fused-ring (bicyclic) bond motifs is 3. The quantitative estimate of drug-likeness (QED) is 0.687. The zero-order chi connectivity index (χ0) is 15.7. The Hall–Kier alpha value is -2.83. The van der Waals surface area contributed by atoms with Crippen molar-refractivity contribution in [2.75, 3.05) is 20.8 Å². The van der Waals surface area contributed by atoms with Crippen LogP contribution in [-0.4, -0.2) is 41.4 Å². The molecule has 3 aromatic rings. The molecule has 0 N–H and O–H groups in total. The van der Waals surface area contributed by atoms with Crippen molar-refractivity contribution in [2.45, 2.75) is 6.92 Å². The summed E-state index contributed by atoms with van der Waals surface area (Å²) in [6, 6.07) is 3.54. The van der Waals surface area contributed by atoms with Gasteiger partial charge in [-0.2, -0.15) is 5.10 Å². The van der Waals surface area contributed by atoms with Crippen molar-refractivity contribution in [1.29, 1.82) is 0 Å². The van der Waals surface area contributed by atoms with E-state index in [-0.39, 0.29) is 0 Å². The van der Waals surface area contributed by atoms with Gasteiger partial charge < -0.3 is 14.2 Å². The molecule has 0 saturated carbocycles. The van der Waals surface area contributed by atoms with Crippen molar-refractivity contribution < 1.29 is 19.0 Å². The number of rotatable bonds is 4. The fourth-order valence-corrected chi connectivity index (χ4v) is 2.36. The minimum atomic E-state index is -0.417. The molecule has 3 rings (SSSR count). The average molecular weight is 301 g/mol. The molecule has 0 aliphatic carbocycles. The first-order valence-corrected chi connectivity index (χ1v) is 6.74. The first-order valence-electron chi connectivity index (χ1n) is 6.74. The second kappa shape index (κ2) is 5.51. The SMILES string of the molecule is CCOC(=O)c1cnn2cnc3cc(OC)c(OC)cc3c12. The van der Waals surface area contributed by atoms with Gasteiger partial charge in [-0.25, -0.2) is 14.3 Å². The largest absolute Gasteiger partial charge is 0.493 e. The van der Waals surface area contributed by atoms with Gasteiger partial charge in [0.25, 0.3) is 0 Å². The summed E-state index contributed by atoms with van der Waals surface area (Å²) in [5.41, 5.74) is 1.70. The molecule has 22 heavy (non-hydrogen) atoms. The minimum Gasteiger partial charge on any atom is -0.493 e. The molecule has 2 heterocycles. The summed E-state index contributed by atoms with van der Waals surface area (Å²) in [6.45, 7) is 2.06. The molecule has 0 spiro atoms. The van der Waals surface area contributed by atoms with Crippen molar-refractivity contribution in [3.05, 3.63) is 30.2 Å². The summed E-state index contributed by atoms with van der Waals surface area (Å²) < 4.78 is 17.2. The van der Waals surface area contributed by atoms with Crippen LogP contribution in [-0.2, 0) is 4.74 Å². The lowest BCUT2D eigenvalue weighted by Gasteiger charge is -2.10. The Morgan fingerprint density at radius 3 is 2.64 bits per heavy atom. The van der Waals surface area contributed by atoms with Crippen LogP contribution in [0.1, 0.15) is 17.3 Å². The first kappa shape index (κ1) is 14.1. The smallest absolute Gasteiger partial charge is 0.342 e. The van der Waals surface area contributed by atoms with E-state index in [0.29, 0.717) is 34.7 Å². The molecule has 0 amide bonds. The van der Waals surface area contributed by atoms with Crippen LogP contribution in [0.2, 0.25) is 0 Å². The zero-order valence-corrected chi connectivity index (χ0v) is 12.5. The van der Waals surface area contributed by atoms with Crippen molar-refractivity contribution in [3.8, 4) is 11.5 Å². The molecule has 114 valence electrons. The number of methoxy groups -OCH3 is 2. The van der Waals surface area contributed by atoms with E-state index in [1.165, 1.54) is 6.20 Å². The van der Waals surface area contributed by atoms with Gasteiger partial charge in [0.1, 0.15) is 11.9 Å². The molecular formula is C15H15N3O4. The number of benzene rings is 1. The second-order valence-corrected chi connectivity index (χ2v) is 4.54. The summed E-state index contributed by atoms with van der Waals surface area (Å²) in [4.78, 5) is 16.4. The molecule has 0 fully saturated rings. The molecule has 0 aliphatic heterocycles. The lowest BCUT2D eigenvalue weighted by molar-refractivity contribution is 0.0528. The van der Waals surface area contributed by atoms with E-state index in [1.807, 2.05) is 0 Å². The van der Waals surface area contributed by atoms with E-state index >= 15 is 0 Å². The lowest BCUT2D eigenvalue weighted by atomic mass is 10.1. The Labute approximate surface area is 126 Å². The molecule has 7 heteroatoms. The third-order valence-electron chi connectivity index (χ3n) is 3.35. The van der Waals surface area contributed by atoms with Crippen LogP contribution in [0.25, 0.3) is 16.4 Å². The van der Waals surface area contributed by atoms with Gasteiger partial charge in [0, 0.05) is 11.5 Å². The highest BCUT2D eigenvalue weighted by atomic mass is 16.5. The zero-order valence-electron chi connectivity index (χ0n) is 12.5. The fourth-order valence-electron chi connectivity index (χ4n) is 2.36. The highest BCUT2D eigenvalue weighted by molar-refractivity contribution is 6.07. The number of carbonyl (C=O) groups excluding carboxylic acids is 1. The van der Waals surface area contributed by atoms with Gasteiger partial charge in [-0.1, -0.05) is 0 Å². The summed E-state index contributed by atoms with van der Waals surface area (Å²) in [5, 5.41) is 4.89. The Morgan fingerprint density at radius 1 is 1.23 bits per heavy atom. The maximum absolute atomic E-state index is 12.1. The normalized spacial score (nSPS) is 10.9. The van der Waals surface area contributed by atoms with Gasteiger partial charge in [0.2, 0.25) is 0 Å². The number of hydrogen-bond acceptors (Lipinski definition) is 6. The van der Waals surface area contributed by atoms with E-state index in [0.717, 1.165) is 5.39 Å². The third-order valence-corrected chi connectivity index (χ3v) is 3.35. The Kier molecular flexibility index (Phi) is 3.54. The molecule has 0 unspecified atom stereocenters. The minimum absolute atomic E-state index is 0.302. The van der Waals surface area contributed by atoms with E-state index in [2.05, 4.69) is 10.1 Å². The van der Waals surface area contributed by atoms with Crippen LogP contribution in [0.5, 0.6) is 11.5 Å². The van der Waals surface area contributed by atoms with Crippen LogP contribution < -0.4 is 9.47 Å². The van der Waals surface area contributed by atoms with Gasteiger partial charge in [-0.15, -0.1) is 0 Å². The van der Waals surface area contributed by atoms with E-state index in [1.54, 1.807) is 44.1 Å². The van der Waals surface area contributed by atoms with Crippen LogP contribution >= 0.6 is 0 Å². The Morgan fingerprint density at radius 2 is 1.95 bits per heavy atom. The second-order valence-electron chi connectivity index (χ2n) is 4.54. The van der Waals surface area contributed by atoms with E-state index in [4.69, 9.17) is 14.2 Å². The van der Waals surface area contributed by atoms with E-state index < -0.39 is 5.97 Å². The molecule has 1 aromatic carbocycles. The van der Waals surface area contributed by atoms with Crippen LogP contribution in [0.3, 0.4) is 0 Å². The molecular weight excluding hydrogens is 286 g/mol. The fraction of sp³-hybridized carbons (Fsp3) is 0.267. The maximum atomic E-state index is 12.1. The molecule has 0 saturated heterocycles. The highest BCUT2D eigenvalue weighted by Crippen LogP contribution is 2.33. The number of hydrogen-bond donors (Lipinski definition) is 0. The molecule has 2 aromatic heterocycles. The molecule has 0 radical (unpaired) electrons. The van der Waals surface area contributed by atoms with Crippen molar-refractivity contribution >= 4 is 22.4 Å². The number of aromatic nitrogens is 3. The Balaban J connectivity index is 2.33. The summed E-state index contributed by atoms with van der Waals surface area (Å²) in [5.74, 6) is 0.713. The van der Waals surface area contributed by atoms with Gasteiger partial charge in [0.05, 0.1) is 38.1 Å². The van der Waals surface area contributed by atoms with Gasteiger partial charge in [-0.3, -0.25) is 0 Å². The van der Waals surface area contributed by atoms with Crippen molar-refractivity contribution in [3.63, 3.8) is 0 Å². The molecule has 0 atom stereocenters. The summed E-state index contributed by atoms with van der Waals surface area (Å²) in [7, 11) is 3.12. The molecule has 0 aliphatic rings. The number of ether oxygens (including phenoxy) is 3. The van der Waals surface area contributed by atoms with E-state index in [9.17, 15) is 4.79 Å². The molecule has 7 nitrogen and oxygen atoms in total. The predicted molar refractivity (Wildman–Crippen MR) is 79.6 cm³/mol. The maximum Gasteiger partial charge on any atom is 0.342 e. The van der Waals surface area contributed by atoms with Crippen LogP contribution in [0.15, 0.2) is 24.7 Å². The molecule has 0 bridgehead atoms. The number of nitrogens with zero attached hydrogens (tertiary/aromatic N) is 3. The predicted octanol–water partition coefficient (Wildman–Crippen LogP) is 2.08. The Bertz CT molecular complexity index is 857. The summed E-state index contributed by atoms with van der Waals surface area (Å²) >= 11 is 0. The third kappa shape index (κ3) is 2.11. The van der Waals surface area contributed by atoms with Gasteiger partial charge in [-0.05, 0) is 13.0 Å². The standard InChI is InChI=1S/C15H15N3O4/c1-4-22-15(19)10-7-17-18-8-16-11-6-13(21-3)12(20-2)5-9(11)14(10)18/h5-8H,4H2,1-3H3. The average Bonchev–Trinajstić information content (AvgIpc) is 2.98. The number of carbonyl (C=O) groups is 1. The first-order chi connectivity index (χ1) is 10.7. The van der Waals surface area contributed by atoms with Gasteiger partial charge in [0.15, 0.2) is 11.5 Å². The number of esters is 1. The highest BCUT2D eigenvalue weighted by Gasteiger charge is 2.18. The monoisotopic (exact) mass is 301 g/mol. The summed E-state index contributed by atoms with van der Waals surface area (Å²) in [6.07, 6.45) is 3.03. The van der Waals surface area contributed by atoms with Crippen LogP contribution in [0.4, 0.5) is 0 Å². The van der Waals surface area contributed by atoms with Crippen molar-refractivity contribution in [2.24, 2.45) is 0 Å². The van der Waals surface area contributed by atoms with Crippen molar-refractivity contribution in [1.82, 2.24) is 14.6 Å². The van der Waals surface area contributed by atoms with Gasteiger partial charge >= 0.3 is 5.97 Å².